The normalized spacial score (nSPS) is 41.9. The summed E-state index contributed by atoms with van der Waals surface area (Å²) in [5, 5.41) is 3.71. The molecule has 36 heavy (non-hydrogen) atoms. The standard InChI is InChI=1S/C31H45NO4/c1-2-7-28(8-3-1)32-14-5-15-33-29-11-9-24(10-12-29)25-6-4-13-30(21-25)34-31(36-35-30)26-17-22-16-23(19-26)20-27(31)18-22/h9-12,22-23,25-28,32H,1-8,13-21H2/t22?,23?,25-,26?,27?,30-,31?/m1/s1. The summed E-state index contributed by atoms with van der Waals surface area (Å²) in [5.41, 5.74) is 1.37. The Kier molecular flexibility index (Phi) is 6.56. The number of nitrogens with one attached hydrogen (secondary N) is 1. The van der Waals surface area contributed by atoms with Gasteiger partial charge in [0.25, 0.3) is 0 Å². The molecular formula is C31H45NO4. The molecule has 1 saturated heterocycles. The van der Waals surface area contributed by atoms with Gasteiger partial charge < -0.3 is 14.8 Å². The van der Waals surface area contributed by atoms with Gasteiger partial charge in [-0.3, -0.25) is 0 Å². The van der Waals surface area contributed by atoms with Crippen LogP contribution in [0, 0.1) is 23.7 Å². The average molecular weight is 496 g/mol. The predicted molar refractivity (Wildman–Crippen MR) is 138 cm³/mol. The van der Waals surface area contributed by atoms with E-state index in [1.807, 2.05) is 0 Å². The first kappa shape index (κ1) is 23.9. The Morgan fingerprint density at radius 1 is 0.833 bits per heavy atom. The van der Waals surface area contributed by atoms with Crippen molar-refractivity contribution in [3.63, 3.8) is 0 Å². The van der Waals surface area contributed by atoms with Crippen LogP contribution in [0.2, 0.25) is 0 Å². The summed E-state index contributed by atoms with van der Waals surface area (Å²) in [6, 6.07) is 9.55. The van der Waals surface area contributed by atoms with Crippen LogP contribution in [0.4, 0.5) is 0 Å². The van der Waals surface area contributed by atoms with E-state index in [0.717, 1.165) is 62.5 Å². The van der Waals surface area contributed by atoms with E-state index >= 15 is 0 Å². The van der Waals surface area contributed by atoms with Crippen molar-refractivity contribution >= 4 is 0 Å². The van der Waals surface area contributed by atoms with Gasteiger partial charge in [-0.25, -0.2) is 0 Å². The second kappa shape index (κ2) is 9.87. The van der Waals surface area contributed by atoms with Crippen LogP contribution in [-0.4, -0.2) is 30.8 Å². The molecule has 5 heteroatoms. The van der Waals surface area contributed by atoms with Crippen LogP contribution in [0.3, 0.4) is 0 Å². The summed E-state index contributed by atoms with van der Waals surface area (Å²) >= 11 is 0. The van der Waals surface area contributed by atoms with E-state index in [2.05, 4.69) is 29.6 Å². The van der Waals surface area contributed by atoms with Crippen LogP contribution in [0.25, 0.3) is 0 Å². The van der Waals surface area contributed by atoms with Gasteiger partial charge in [0.05, 0.1) is 6.61 Å². The van der Waals surface area contributed by atoms with Crippen LogP contribution < -0.4 is 10.1 Å². The van der Waals surface area contributed by atoms with Crippen LogP contribution in [0.15, 0.2) is 24.3 Å². The van der Waals surface area contributed by atoms with Crippen molar-refractivity contribution in [1.29, 1.82) is 0 Å². The maximum atomic E-state index is 6.97. The van der Waals surface area contributed by atoms with Gasteiger partial charge in [-0.2, -0.15) is 9.78 Å². The second-order valence-corrected chi connectivity index (χ2v) is 13.1. The summed E-state index contributed by atoms with van der Waals surface area (Å²) in [7, 11) is 0. The van der Waals surface area contributed by atoms with Gasteiger partial charge in [-0.15, -0.1) is 0 Å². The van der Waals surface area contributed by atoms with Gasteiger partial charge in [0.2, 0.25) is 11.6 Å². The quantitative estimate of drug-likeness (QED) is 0.331. The molecule has 1 N–H and O–H groups in total. The Balaban J connectivity index is 0.922. The number of rotatable bonds is 7. The molecule has 0 amide bonds. The molecule has 1 aromatic rings. The minimum atomic E-state index is -0.557. The lowest BCUT2D eigenvalue weighted by Gasteiger charge is -2.57. The van der Waals surface area contributed by atoms with E-state index in [0.29, 0.717) is 17.8 Å². The topological polar surface area (TPSA) is 49.0 Å². The van der Waals surface area contributed by atoms with Gasteiger partial charge in [0.15, 0.2) is 0 Å². The van der Waals surface area contributed by atoms with E-state index in [4.69, 9.17) is 19.2 Å². The third-order valence-electron chi connectivity index (χ3n) is 10.6. The van der Waals surface area contributed by atoms with Crippen LogP contribution >= 0.6 is 0 Å². The fourth-order valence-electron chi connectivity index (χ4n) is 8.97. The summed E-state index contributed by atoms with van der Waals surface area (Å²) in [5.74, 6) is 3.27. The van der Waals surface area contributed by atoms with E-state index in [1.165, 1.54) is 76.2 Å². The molecule has 1 aliphatic heterocycles. The molecule has 6 aliphatic carbocycles. The molecule has 6 saturated carbocycles. The van der Waals surface area contributed by atoms with Crippen molar-refractivity contribution < 1.29 is 19.2 Å². The van der Waals surface area contributed by atoms with Gasteiger partial charge in [0.1, 0.15) is 5.75 Å². The van der Waals surface area contributed by atoms with Crippen molar-refractivity contribution in [2.24, 2.45) is 23.7 Å². The SMILES string of the molecule is c1cc([C@@H]2CCC[C@]3(C2)OOC2(O3)C3CC4CC(C3)CC2C4)ccc1OCCCNC1CCCCC1. The van der Waals surface area contributed by atoms with Crippen molar-refractivity contribution in [1.82, 2.24) is 5.32 Å². The maximum Gasteiger partial charge on any atom is 0.210 e. The number of hydrogen-bond acceptors (Lipinski definition) is 5. The molecule has 1 heterocycles. The van der Waals surface area contributed by atoms with E-state index in [9.17, 15) is 0 Å². The molecule has 7 aliphatic rings. The third-order valence-corrected chi connectivity index (χ3v) is 10.6. The molecule has 2 atom stereocenters. The third kappa shape index (κ3) is 4.52. The first-order valence-electron chi connectivity index (χ1n) is 15.2. The highest BCUT2D eigenvalue weighted by Gasteiger charge is 2.67. The Hall–Kier alpha value is -1.14. The molecule has 198 valence electrons. The Morgan fingerprint density at radius 2 is 1.58 bits per heavy atom. The van der Waals surface area contributed by atoms with Crippen molar-refractivity contribution in [3.8, 4) is 5.75 Å². The molecule has 5 nitrogen and oxygen atoms in total. The average Bonchev–Trinajstić information content (AvgIpc) is 3.27. The van der Waals surface area contributed by atoms with Crippen LogP contribution in [-0.2, 0) is 14.5 Å². The fourth-order valence-corrected chi connectivity index (χ4v) is 8.97. The summed E-state index contributed by atoms with van der Waals surface area (Å²) in [4.78, 5) is 12.5. The molecule has 0 unspecified atom stereocenters. The molecular weight excluding hydrogens is 450 g/mol. The Morgan fingerprint density at radius 3 is 2.33 bits per heavy atom. The number of benzene rings is 1. The van der Waals surface area contributed by atoms with Crippen molar-refractivity contribution in [2.45, 2.75) is 120 Å². The van der Waals surface area contributed by atoms with Gasteiger partial charge in [-0.05, 0) is 106 Å². The Bertz CT molecular complexity index is 868. The summed E-state index contributed by atoms with van der Waals surface area (Å²) in [6.45, 7) is 1.83. The maximum absolute atomic E-state index is 6.97. The highest BCUT2D eigenvalue weighted by atomic mass is 17.3. The minimum Gasteiger partial charge on any atom is -0.494 e. The van der Waals surface area contributed by atoms with Gasteiger partial charge in [-0.1, -0.05) is 31.4 Å². The van der Waals surface area contributed by atoms with Crippen molar-refractivity contribution in [2.75, 3.05) is 13.2 Å². The zero-order chi connectivity index (χ0) is 24.0. The molecule has 8 rings (SSSR count). The molecule has 0 radical (unpaired) electrons. The van der Waals surface area contributed by atoms with Gasteiger partial charge >= 0.3 is 0 Å². The summed E-state index contributed by atoms with van der Waals surface area (Å²) < 4.78 is 13.0. The van der Waals surface area contributed by atoms with Gasteiger partial charge in [0, 0.05) is 30.7 Å². The minimum absolute atomic E-state index is 0.447. The Labute approximate surface area is 216 Å². The predicted octanol–water partition coefficient (Wildman–Crippen LogP) is 6.86. The molecule has 1 aromatic carbocycles. The lowest BCUT2D eigenvalue weighted by Crippen LogP contribution is -2.59. The van der Waals surface area contributed by atoms with E-state index < -0.39 is 11.6 Å². The van der Waals surface area contributed by atoms with Crippen LogP contribution in [0.5, 0.6) is 5.75 Å². The van der Waals surface area contributed by atoms with E-state index in [-0.39, 0.29) is 0 Å². The summed E-state index contributed by atoms with van der Waals surface area (Å²) in [6.07, 6.45) is 18.6. The molecule has 2 spiro atoms. The lowest BCUT2D eigenvalue weighted by atomic mass is 9.53. The first-order valence-corrected chi connectivity index (χ1v) is 15.2. The second-order valence-electron chi connectivity index (χ2n) is 13.1. The fraction of sp³-hybridized carbons (Fsp3) is 0.806. The zero-order valence-electron chi connectivity index (χ0n) is 21.9. The molecule has 7 fully saturated rings. The molecule has 0 aromatic heterocycles. The van der Waals surface area contributed by atoms with E-state index in [1.54, 1.807) is 0 Å². The number of ether oxygens (including phenoxy) is 2. The lowest BCUT2D eigenvalue weighted by molar-refractivity contribution is -0.390. The highest BCUT2D eigenvalue weighted by molar-refractivity contribution is 5.30. The highest BCUT2D eigenvalue weighted by Crippen LogP contribution is 2.64. The monoisotopic (exact) mass is 495 g/mol. The van der Waals surface area contributed by atoms with Crippen LogP contribution in [0.1, 0.15) is 108 Å². The largest absolute Gasteiger partial charge is 0.494 e. The smallest absolute Gasteiger partial charge is 0.210 e. The first-order chi connectivity index (χ1) is 17.7. The molecule has 4 bridgehead atoms. The van der Waals surface area contributed by atoms with Crippen molar-refractivity contribution in [3.05, 3.63) is 29.8 Å². The number of hydrogen-bond donors (Lipinski definition) is 1. The zero-order valence-corrected chi connectivity index (χ0v) is 21.9.